The van der Waals surface area contributed by atoms with Crippen molar-refractivity contribution in [1.29, 1.82) is 0 Å². The van der Waals surface area contributed by atoms with E-state index in [9.17, 15) is 14.0 Å². The minimum atomic E-state index is -0.593. The SMILES string of the molecule is O=C(Cc1ccc(Cl)cc1F)C(=O)N1CCC(c2ccccc2)C1. The van der Waals surface area contributed by atoms with E-state index in [2.05, 4.69) is 0 Å². The quantitative estimate of drug-likeness (QED) is 0.794. The summed E-state index contributed by atoms with van der Waals surface area (Å²) in [5.41, 5.74) is 1.36. The third-order valence-electron chi connectivity index (χ3n) is 4.35. The second-order valence-electron chi connectivity index (χ2n) is 5.98. The maximum absolute atomic E-state index is 13.8. The number of amides is 1. The van der Waals surface area contributed by atoms with Crippen molar-refractivity contribution in [3.05, 3.63) is 70.5 Å². The Morgan fingerprint density at radius 3 is 2.62 bits per heavy atom. The number of Topliss-reactive ketones (excluding diaryl/α,β-unsaturated/α-hetero) is 1. The van der Waals surface area contributed by atoms with Crippen LogP contribution in [0.15, 0.2) is 48.5 Å². The number of benzene rings is 2. The Labute approximate surface area is 145 Å². The number of halogens is 2. The van der Waals surface area contributed by atoms with Gasteiger partial charge in [-0.15, -0.1) is 0 Å². The highest BCUT2D eigenvalue weighted by molar-refractivity contribution is 6.36. The number of carbonyl (C=O) groups is 2. The molecule has 1 aliphatic rings. The van der Waals surface area contributed by atoms with Crippen LogP contribution in [0, 0.1) is 5.82 Å². The summed E-state index contributed by atoms with van der Waals surface area (Å²) in [6.45, 7) is 1.07. The lowest BCUT2D eigenvalue weighted by atomic mass is 9.99. The first-order chi connectivity index (χ1) is 11.5. The summed E-state index contributed by atoms with van der Waals surface area (Å²) in [6.07, 6.45) is 0.590. The van der Waals surface area contributed by atoms with Crippen LogP contribution in [-0.2, 0) is 16.0 Å². The molecule has 1 amide bonds. The zero-order valence-corrected chi connectivity index (χ0v) is 13.8. The lowest BCUT2D eigenvalue weighted by Gasteiger charge is -2.16. The largest absolute Gasteiger partial charge is 0.335 e. The number of likely N-dealkylation sites (tertiary alicyclic amines) is 1. The van der Waals surface area contributed by atoms with Crippen LogP contribution in [0.1, 0.15) is 23.5 Å². The number of hydrogen-bond donors (Lipinski definition) is 0. The Bertz CT molecular complexity index is 763. The van der Waals surface area contributed by atoms with Gasteiger partial charge in [-0.2, -0.15) is 0 Å². The van der Waals surface area contributed by atoms with Gasteiger partial charge in [0.25, 0.3) is 5.91 Å². The molecule has 0 bridgehead atoms. The van der Waals surface area contributed by atoms with Gasteiger partial charge in [0.1, 0.15) is 5.82 Å². The molecule has 0 radical (unpaired) electrons. The molecule has 0 aliphatic carbocycles. The number of rotatable bonds is 4. The Kier molecular flexibility index (Phi) is 4.95. The zero-order valence-electron chi connectivity index (χ0n) is 13.0. The molecule has 0 spiro atoms. The molecule has 1 atom stereocenters. The van der Waals surface area contributed by atoms with Gasteiger partial charge in [-0.05, 0) is 29.7 Å². The summed E-state index contributed by atoms with van der Waals surface area (Å²) in [5, 5.41) is 0.264. The van der Waals surface area contributed by atoms with E-state index in [0.29, 0.717) is 13.1 Å². The average Bonchev–Trinajstić information content (AvgIpc) is 3.07. The van der Waals surface area contributed by atoms with Crippen molar-refractivity contribution >= 4 is 23.3 Å². The van der Waals surface area contributed by atoms with Crippen LogP contribution in [0.2, 0.25) is 5.02 Å². The van der Waals surface area contributed by atoms with E-state index in [1.807, 2.05) is 30.3 Å². The van der Waals surface area contributed by atoms with Crippen molar-refractivity contribution in [2.45, 2.75) is 18.8 Å². The van der Waals surface area contributed by atoms with Gasteiger partial charge in [0.15, 0.2) is 0 Å². The molecule has 0 saturated carbocycles. The highest BCUT2D eigenvalue weighted by Crippen LogP contribution is 2.27. The molecule has 2 aromatic carbocycles. The molecular formula is C19H17ClFNO2. The highest BCUT2D eigenvalue weighted by Gasteiger charge is 2.30. The van der Waals surface area contributed by atoms with E-state index in [1.165, 1.54) is 17.7 Å². The van der Waals surface area contributed by atoms with Crippen molar-refractivity contribution in [2.75, 3.05) is 13.1 Å². The maximum Gasteiger partial charge on any atom is 0.290 e. The van der Waals surface area contributed by atoms with Crippen LogP contribution >= 0.6 is 11.6 Å². The van der Waals surface area contributed by atoms with E-state index in [-0.39, 0.29) is 22.9 Å². The molecule has 1 heterocycles. The molecule has 1 aliphatic heterocycles. The van der Waals surface area contributed by atoms with Gasteiger partial charge in [-0.3, -0.25) is 9.59 Å². The molecule has 1 unspecified atom stereocenters. The van der Waals surface area contributed by atoms with E-state index >= 15 is 0 Å². The van der Waals surface area contributed by atoms with Crippen LogP contribution in [-0.4, -0.2) is 29.7 Å². The molecule has 1 saturated heterocycles. The first kappa shape index (κ1) is 16.7. The molecule has 3 rings (SSSR count). The first-order valence-electron chi connectivity index (χ1n) is 7.85. The van der Waals surface area contributed by atoms with Crippen LogP contribution in [0.4, 0.5) is 4.39 Å². The maximum atomic E-state index is 13.8. The topological polar surface area (TPSA) is 37.4 Å². The molecule has 2 aromatic rings. The molecular weight excluding hydrogens is 329 g/mol. The third kappa shape index (κ3) is 3.65. The summed E-state index contributed by atoms with van der Waals surface area (Å²) in [6, 6.07) is 14.1. The normalized spacial score (nSPS) is 17.1. The summed E-state index contributed by atoms with van der Waals surface area (Å²) in [4.78, 5) is 26.1. The fourth-order valence-electron chi connectivity index (χ4n) is 3.03. The van der Waals surface area contributed by atoms with Crippen molar-refractivity contribution in [3.63, 3.8) is 0 Å². The van der Waals surface area contributed by atoms with Crippen molar-refractivity contribution in [1.82, 2.24) is 4.90 Å². The highest BCUT2D eigenvalue weighted by atomic mass is 35.5. The van der Waals surface area contributed by atoms with Crippen LogP contribution in [0.5, 0.6) is 0 Å². The molecule has 1 fully saturated rings. The second kappa shape index (κ2) is 7.14. The van der Waals surface area contributed by atoms with E-state index in [0.717, 1.165) is 12.5 Å². The van der Waals surface area contributed by atoms with E-state index in [1.54, 1.807) is 4.90 Å². The third-order valence-corrected chi connectivity index (χ3v) is 4.59. The van der Waals surface area contributed by atoms with Gasteiger partial charge in [0.05, 0.1) is 0 Å². The fraction of sp³-hybridized carbons (Fsp3) is 0.263. The van der Waals surface area contributed by atoms with Crippen LogP contribution in [0.25, 0.3) is 0 Å². The van der Waals surface area contributed by atoms with Crippen molar-refractivity contribution in [2.24, 2.45) is 0 Å². The summed E-state index contributed by atoms with van der Waals surface area (Å²) in [7, 11) is 0. The van der Waals surface area contributed by atoms with E-state index < -0.39 is 17.5 Å². The van der Waals surface area contributed by atoms with Gasteiger partial charge < -0.3 is 4.90 Å². The van der Waals surface area contributed by atoms with Crippen molar-refractivity contribution in [3.8, 4) is 0 Å². The van der Waals surface area contributed by atoms with Gasteiger partial charge >= 0.3 is 0 Å². The fourth-order valence-corrected chi connectivity index (χ4v) is 3.19. The molecule has 0 N–H and O–H groups in total. The molecule has 5 heteroatoms. The molecule has 24 heavy (non-hydrogen) atoms. The summed E-state index contributed by atoms with van der Waals surface area (Å²) < 4.78 is 13.8. The van der Waals surface area contributed by atoms with Crippen LogP contribution < -0.4 is 0 Å². The number of hydrogen-bond acceptors (Lipinski definition) is 2. The summed E-state index contributed by atoms with van der Waals surface area (Å²) in [5.74, 6) is -1.45. The summed E-state index contributed by atoms with van der Waals surface area (Å²) >= 11 is 5.69. The lowest BCUT2D eigenvalue weighted by Crippen LogP contribution is -2.35. The monoisotopic (exact) mass is 345 g/mol. The van der Waals surface area contributed by atoms with Crippen LogP contribution in [0.3, 0.4) is 0 Å². The second-order valence-corrected chi connectivity index (χ2v) is 6.42. The van der Waals surface area contributed by atoms with Gasteiger partial charge in [0, 0.05) is 30.5 Å². The minimum absolute atomic E-state index is 0.191. The smallest absolute Gasteiger partial charge is 0.290 e. The predicted molar refractivity (Wildman–Crippen MR) is 90.5 cm³/mol. The number of carbonyl (C=O) groups excluding carboxylic acids is 2. The average molecular weight is 346 g/mol. The predicted octanol–water partition coefficient (Wildman–Crippen LogP) is 3.61. The molecule has 124 valence electrons. The number of ketones is 1. The first-order valence-corrected chi connectivity index (χ1v) is 8.23. The standard InChI is InChI=1S/C19H17ClFNO2/c20-16-7-6-14(17(21)11-16)10-18(23)19(24)22-9-8-15(12-22)13-4-2-1-3-5-13/h1-7,11,15H,8-10,12H2. The van der Waals surface area contributed by atoms with Gasteiger partial charge in [-0.1, -0.05) is 48.0 Å². The van der Waals surface area contributed by atoms with Gasteiger partial charge in [-0.25, -0.2) is 4.39 Å². The lowest BCUT2D eigenvalue weighted by molar-refractivity contribution is -0.143. The van der Waals surface area contributed by atoms with Gasteiger partial charge in [0.2, 0.25) is 5.78 Å². The molecule has 0 aromatic heterocycles. The zero-order chi connectivity index (χ0) is 17.1. The number of nitrogens with zero attached hydrogens (tertiary/aromatic N) is 1. The van der Waals surface area contributed by atoms with E-state index in [4.69, 9.17) is 11.6 Å². The molecule has 3 nitrogen and oxygen atoms in total. The Balaban J connectivity index is 1.63. The Hall–Kier alpha value is -2.20. The van der Waals surface area contributed by atoms with Crippen molar-refractivity contribution < 1.29 is 14.0 Å². The Morgan fingerprint density at radius 2 is 1.92 bits per heavy atom. The Morgan fingerprint density at radius 1 is 1.17 bits per heavy atom. The minimum Gasteiger partial charge on any atom is -0.335 e.